The standard InChI is InChI=1S/C16H22N2O3S/c1-15(2,3)22(21)17-14-8-9-16(4,5)13-7-6-11(18(19)20)10-12(13)14/h6-7,10H,8-9H2,1-5H3. The molecule has 0 aliphatic heterocycles. The molecule has 22 heavy (non-hydrogen) atoms. The van der Waals surface area contributed by atoms with Crippen molar-refractivity contribution in [3.8, 4) is 0 Å². The number of nitrogens with zero attached hydrogens (tertiary/aromatic N) is 2. The zero-order valence-electron chi connectivity index (χ0n) is 13.7. The van der Waals surface area contributed by atoms with E-state index < -0.39 is 20.7 Å². The van der Waals surface area contributed by atoms with E-state index in [2.05, 4.69) is 18.2 Å². The molecule has 0 saturated heterocycles. The van der Waals surface area contributed by atoms with Crippen molar-refractivity contribution < 1.29 is 9.13 Å². The molecule has 0 spiro atoms. The van der Waals surface area contributed by atoms with E-state index in [-0.39, 0.29) is 11.1 Å². The van der Waals surface area contributed by atoms with Crippen molar-refractivity contribution in [1.29, 1.82) is 0 Å². The second kappa shape index (κ2) is 5.57. The molecule has 1 aliphatic rings. The van der Waals surface area contributed by atoms with Crippen LogP contribution in [0.3, 0.4) is 0 Å². The molecule has 0 amide bonds. The van der Waals surface area contributed by atoms with Crippen molar-refractivity contribution in [2.45, 2.75) is 57.6 Å². The highest BCUT2D eigenvalue weighted by atomic mass is 32.2. The Hall–Kier alpha value is -1.56. The minimum absolute atomic E-state index is 0.0469. The number of benzene rings is 1. The van der Waals surface area contributed by atoms with Crippen LogP contribution in [0.25, 0.3) is 0 Å². The summed E-state index contributed by atoms with van der Waals surface area (Å²) in [4.78, 5) is 10.6. The Balaban J connectivity index is 2.58. The fraction of sp³-hybridized carbons (Fsp3) is 0.562. The van der Waals surface area contributed by atoms with Gasteiger partial charge in [-0.15, -0.1) is 0 Å². The smallest absolute Gasteiger partial charge is 0.258 e. The van der Waals surface area contributed by atoms with E-state index in [1.54, 1.807) is 6.07 Å². The average Bonchev–Trinajstić information content (AvgIpc) is 2.40. The lowest BCUT2D eigenvalue weighted by Crippen LogP contribution is -2.29. The van der Waals surface area contributed by atoms with Gasteiger partial charge in [0.2, 0.25) is 0 Å². The summed E-state index contributed by atoms with van der Waals surface area (Å²) in [6.45, 7) is 9.85. The molecule has 0 aromatic heterocycles. The number of nitro groups is 1. The Morgan fingerprint density at radius 1 is 1.32 bits per heavy atom. The van der Waals surface area contributed by atoms with Crippen molar-refractivity contribution >= 4 is 22.4 Å². The van der Waals surface area contributed by atoms with Gasteiger partial charge in [0.05, 0.1) is 15.4 Å². The molecule has 6 heteroatoms. The topological polar surface area (TPSA) is 72.6 Å². The summed E-state index contributed by atoms with van der Waals surface area (Å²) in [5, 5.41) is 11.0. The van der Waals surface area contributed by atoms with Crippen molar-refractivity contribution in [1.82, 2.24) is 0 Å². The van der Waals surface area contributed by atoms with E-state index in [1.807, 2.05) is 26.8 Å². The van der Waals surface area contributed by atoms with Crippen molar-refractivity contribution in [2.75, 3.05) is 0 Å². The van der Waals surface area contributed by atoms with Crippen LogP contribution in [-0.4, -0.2) is 19.6 Å². The Morgan fingerprint density at radius 3 is 2.50 bits per heavy atom. The molecule has 1 unspecified atom stereocenters. The second-order valence-electron chi connectivity index (χ2n) is 7.27. The van der Waals surface area contributed by atoms with Crippen molar-refractivity contribution in [2.24, 2.45) is 4.40 Å². The highest BCUT2D eigenvalue weighted by Crippen LogP contribution is 2.38. The highest BCUT2D eigenvalue weighted by molar-refractivity contribution is 7.85. The van der Waals surface area contributed by atoms with Crippen LogP contribution >= 0.6 is 0 Å². The van der Waals surface area contributed by atoms with Gasteiger partial charge in [0.15, 0.2) is 0 Å². The van der Waals surface area contributed by atoms with Gasteiger partial charge in [-0.2, -0.15) is 4.40 Å². The zero-order valence-corrected chi connectivity index (χ0v) is 14.5. The Labute approximate surface area is 133 Å². The van der Waals surface area contributed by atoms with Gasteiger partial charge in [0, 0.05) is 17.7 Å². The summed E-state index contributed by atoms with van der Waals surface area (Å²) in [5.41, 5.74) is 2.50. The average molecular weight is 322 g/mol. The normalized spacial score (nSPS) is 20.5. The van der Waals surface area contributed by atoms with Crippen LogP contribution in [0.2, 0.25) is 0 Å². The lowest BCUT2D eigenvalue weighted by molar-refractivity contribution is -0.384. The van der Waals surface area contributed by atoms with E-state index in [1.165, 1.54) is 6.07 Å². The van der Waals surface area contributed by atoms with Gasteiger partial charge in [-0.1, -0.05) is 19.9 Å². The third-order valence-electron chi connectivity index (χ3n) is 3.96. The molecule has 0 N–H and O–H groups in total. The number of fused-ring (bicyclic) bond motifs is 1. The Bertz CT molecular complexity index is 672. The van der Waals surface area contributed by atoms with Crippen LogP contribution in [0.5, 0.6) is 0 Å². The van der Waals surface area contributed by atoms with E-state index in [0.29, 0.717) is 12.1 Å². The predicted molar refractivity (Wildman–Crippen MR) is 89.8 cm³/mol. The maximum atomic E-state index is 12.3. The first-order valence-electron chi connectivity index (χ1n) is 7.31. The first-order chi connectivity index (χ1) is 10.0. The molecular weight excluding hydrogens is 300 g/mol. The Morgan fingerprint density at radius 2 is 1.95 bits per heavy atom. The predicted octanol–water partition coefficient (Wildman–Crippen LogP) is 3.92. The van der Waals surface area contributed by atoms with Crippen molar-refractivity contribution in [3.05, 3.63) is 39.4 Å². The summed E-state index contributed by atoms with van der Waals surface area (Å²) in [6, 6.07) is 4.90. The molecule has 120 valence electrons. The molecule has 0 saturated carbocycles. The summed E-state index contributed by atoms with van der Waals surface area (Å²) in [7, 11) is -1.37. The first-order valence-corrected chi connectivity index (χ1v) is 8.42. The minimum Gasteiger partial charge on any atom is -0.258 e. The molecule has 0 heterocycles. The molecule has 0 radical (unpaired) electrons. The van der Waals surface area contributed by atoms with E-state index in [9.17, 15) is 14.3 Å². The number of hydrogen-bond acceptors (Lipinski definition) is 3. The molecule has 1 aromatic carbocycles. The lowest BCUT2D eigenvalue weighted by atomic mass is 9.72. The summed E-state index contributed by atoms with van der Waals surface area (Å²) >= 11 is 0. The number of hydrogen-bond donors (Lipinski definition) is 0. The second-order valence-corrected chi connectivity index (χ2v) is 9.18. The van der Waals surface area contributed by atoms with Gasteiger partial charge < -0.3 is 0 Å². The van der Waals surface area contributed by atoms with E-state index in [0.717, 1.165) is 17.5 Å². The zero-order chi connectivity index (χ0) is 16.7. The molecule has 1 aliphatic carbocycles. The van der Waals surface area contributed by atoms with Gasteiger partial charge in [-0.3, -0.25) is 10.1 Å². The molecular formula is C16H22N2O3S. The first kappa shape index (κ1) is 16.8. The van der Waals surface area contributed by atoms with Gasteiger partial charge in [-0.05, 0) is 44.6 Å². The van der Waals surface area contributed by atoms with Crippen LogP contribution in [0, 0.1) is 10.1 Å². The third kappa shape index (κ3) is 3.27. The fourth-order valence-electron chi connectivity index (χ4n) is 2.51. The van der Waals surface area contributed by atoms with E-state index >= 15 is 0 Å². The van der Waals surface area contributed by atoms with Crippen LogP contribution in [-0.2, 0) is 16.4 Å². The van der Waals surface area contributed by atoms with Gasteiger partial charge >= 0.3 is 0 Å². The summed E-state index contributed by atoms with van der Waals surface area (Å²) in [5.74, 6) is 0. The Kier molecular flexibility index (Phi) is 4.26. The number of nitro benzene ring substituents is 1. The summed E-state index contributed by atoms with van der Waals surface area (Å²) < 4.78 is 16.2. The molecule has 0 fully saturated rings. The molecule has 1 aromatic rings. The van der Waals surface area contributed by atoms with E-state index in [4.69, 9.17) is 0 Å². The van der Waals surface area contributed by atoms with Crippen molar-refractivity contribution in [3.63, 3.8) is 0 Å². The monoisotopic (exact) mass is 322 g/mol. The maximum absolute atomic E-state index is 12.3. The minimum atomic E-state index is -1.37. The number of rotatable bonds is 2. The quantitative estimate of drug-likeness (QED) is 0.612. The van der Waals surface area contributed by atoms with Gasteiger partial charge in [0.1, 0.15) is 11.0 Å². The molecule has 2 rings (SSSR count). The van der Waals surface area contributed by atoms with Gasteiger partial charge in [-0.25, -0.2) is 4.21 Å². The number of non-ortho nitro benzene ring substituents is 1. The van der Waals surface area contributed by atoms with Crippen LogP contribution in [0.1, 0.15) is 58.6 Å². The molecule has 0 bridgehead atoms. The van der Waals surface area contributed by atoms with Crippen LogP contribution in [0.4, 0.5) is 5.69 Å². The highest BCUT2D eigenvalue weighted by Gasteiger charge is 2.33. The van der Waals surface area contributed by atoms with Crippen LogP contribution in [0.15, 0.2) is 22.6 Å². The molecule has 5 nitrogen and oxygen atoms in total. The SMILES string of the molecule is CC1(C)CCC(=NS(=O)C(C)(C)C)c2cc([N+](=O)[O-])ccc21. The van der Waals surface area contributed by atoms with Gasteiger partial charge in [0.25, 0.3) is 5.69 Å². The fourth-order valence-corrected chi connectivity index (χ4v) is 3.17. The summed E-state index contributed by atoms with van der Waals surface area (Å²) in [6.07, 6.45) is 1.57. The molecule has 1 atom stereocenters. The van der Waals surface area contributed by atoms with Crippen LogP contribution < -0.4 is 0 Å². The lowest BCUT2D eigenvalue weighted by Gasteiger charge is -2.33. The largest absolute Gasteiger partial charge is 0.270 e. The third-order valence-corrected chi connectivity index (χ3v) is 5.39. The maximum Gasteiger partial charge on any atom is 0.270 e.